The third kappa shape index (κ3) is 2.85. The number of hydrogen-bond acceptors (Lipinski definition) is 4. The summed E-state index contributed by atoms with van der Waals surface area (Å²) >= 11 is 0. The summed E-state index contributed by atoms with van der Waals surface area (Å²) in [5.74, 6) is -0.767. The molecule has 0 rings (SSSR count). The maximum atomic E-state index is 11.1. The van der Waals surface area contributed by atoms with Crippen molar-refractivity contribution < 1.29 is 9.59 Å². The van der Waals surface area contributed by atoms with Crippen LogP contribution in [0.25, 0.3) is 0 Å². The Hall–Kier alpha value is -1.36. The number of allylic oxidation sites excluding steroid dienone is 1. The molecule has 1 unspecified atom stereocenters. The van der Waals surface area contributed by atoms with Crippen LogP contribution in [0.4, 0.5) is 0 Å². The van der Waals surface area contributed by atoms with Gasteiger partial charge in [0.25, 0.3) is 0 Å². The molecule has 0 spiro atoms. The van der Waals surface area contributed by atoms with Gasteiger partial charge in [0.1, 0.15) is 6.17 Å². The second-order valence-corrected chi connectivity index (χ2v) is 3.22. The van der Waals surface area contributed by atoms with E-state index in [4.69, 9.17) is 11.5 Å². The molecular formula is C9H17N3O2. The highest BCUT2D eigenvalue weighted by Gasteiger charge is 2.23. The lowest BCUT2D eigenvalue weighted by molar-refractivity contribution is -0.143. The molecule has 0 saturated carbocycles. The van der Waals surface area contributed by atoms with E-state index in [1.807, 2.05) is 0 Å². The third-order valence-corrected chi connectivity index (χ3v) is 2.02. The van der Waals surface area contributed by atoms with Crippen LogP contribution in [0, 0.1) is 0 Å². The molecule has 80 valence electrons. The van der Waals surface area contributed by atoms with Crippen molar-refractivity contribution in [3.05, 3.63) is 11.3 Å². The van der Waals surface area contributed by atoms with Gasteiger partial charge >= 0.3 is 0 Å². The summed E-state index contributed by atoms with van der Waals surface area (Å²) in [6, 6.07) is 0. The maximum Gasteiger partial charge on any atom is 0.227 e. The van der Waals surface area contributed by atoms with E-state index in [2.05, 4.69) is 0 Å². The van der Waals surface area contributed by atoms with E-state index < -0.39 is 6.17 Å². The molecule has 0 radical (unpaired) electrons. The van der Waals surface area contributed by atoms with Crippen LogP contribution in [0.15, 0.2) is 11.3 Å². The van der Waals surface area contributed by atoms with Crippen molar-refractivity contribution in [1.82, 2.24) is 4.90 Å². The normalized spacial score (nSPS) is 14.4. The average molecular weight is 199 g/mol. The number of nitrogens with zero attached hydrogens (tertiary/aromatic N) is 1. The number of hydrogen-bond donors (Lipinski definition) is 2. The minimum absolute atomic E-state index is 0.384. The predicted octanol–water partition coefficient (Wildman–Crippen LogP) is -0.0812. The van der Waals surface area contributed by atoms with Crippen LogP contribution in [0.2, 0.25) is 0 Å². The fraction of sp³-hybridized carbons (Fsp3) is 0.556. The number of amides is 2. The first-order valence-electron chi connectivity index (χ1n) is 4.27. The molecule has 0 bridgehead atoms. The third-order valence-electron chi connectivity index (χ3n) is 2.02. The van der Waals surface area contributed by atoms with E-state index in [0.717, 1.165) is 4.90 Å². The van der Waals surface area contributed by atoms with Crippen molar-refractivity contribution in [1.29, 1.82) is 0 Å². The van der Waals surface area contributed by atoms with Gasteiger partial charge in [-0.25, -0.2) is 0 Å². The first kappa shape index (κ1) is 12.6. The molecule has 1 atom stereocenters. The number of rotatable bonds is 2. The highest BCUT2D eigenvalue weighted by Crippen LogP contribution is 2.08. The van der Waals surface area contributed by atoms with Crippen molar-refractivity contribution >= 4 is 11.8 Å². The molecule has 0 aliphatic rings. The first-order chi connectivity index (χ1) is 6.29. The lowest BCUT2D eigenvalue weighted by atomic mass is 10.1. The standard InChI is InChI=1S/C9H17N3O2/c1-5(6(2)10)9(11)12(7(3)13)8(4)14/h9H,10-11H2,1-4H3/b6-5-. The zero-order chi connectivity index (χ0) is 11.5. The van der Waals surface area contributed by atoms with Gasteiger partial charge in [-0.05, 0) is 19.4 Å². The topological polar surface area (TPSA) is 89.4 Å². The Morgan fingerprint density at radius 1 is 1.07 bits per heavy atom. The molecule has 4 N–H and O–H groups in total. The zero-order valence-corrected chi connectivity index (χ0v) is 9.00. The van der Waals surface area contributed by atoms with Gasteiger partial charge in [0.15, 0.2) is 0 Å². The maximum absolute atomic E-state index is 11.1. The average Bonchev–Trinajstić information content (AvgIpc) is 2.01. The van der Waals surface area contributed by atoms with Crippen molar-refractivity contribution in [2.45, 2.75) is 33.9 Å². The summed E-state index contributed by atoms with van der Waals surface area (Å²) < 4.78 is 0. The Morgan fingerprint density at radius 2 is 1.43 bits per heavy atom. The molecule has 0 fully saturated rings. The van der Waals surface area contributed by atoms with Crippen LogP contribution >= 0.6 is 0 Å². The molecule has 5 nitrogen and oxygen atoms in total. The summed E-state index contributed by atoms with van der Waals surface area (Å²) in [6.45, 7) is 5.95. The van der Waals surface area contributed by atoms with Gasteiger partial charge in [0, 0.05) is 19.5 Å². The quantitative estimate of drug-likeness (QED) is 0.609. The molecule has 0 aliphatic carbocycles. The monoisotopic (exact) mass is 199 g/mol. The van der Waals surface area contributed by atoms with Gasteiger partial charge in [0.05, 0.1) is 0 Å². The molecule has 0 aliphatic heterocycles. The molecule has 0 saturated heterocycles. The van der Waals surface area contributed by atoms with Gasteiger partial charge < -0.3 is 11.5 Å². The molecular weight excluding hydrogens is 182 g/mol. The van der Waals surface area contributed by atoms with Gasteiger partial charge in [-0.1, -0.05) is 0 Å². The lowest BCUT2D eigenvalue weighted by Crippen LogP contribution is -2.48. The predicted molar refractivity (Wildman–Crippen MR) is 53.7 cm³/mol. The minimum atomic E-state index is -0.769. The Bertz CT molecular complexity index is 266. The van der Waals surface area contributed by atoms with E-state index in [9.17, 15) is 9.59 Å². The first-order valence-corrected chi connectivity index (χ1v) is 4.27. The SMILES string of the molecule is CC(=O)N(C(C)=O)C(N)/C(C)=C(/C)N. The molecule has 5 heteroatoms. The number of carbonyl (C=O) groups excluding carboxylic acids is 2. The van der Waals surface area contributed by atoms with Gasteiger partial charge in [0.2, 0.25) is 11.8 Å². The number of imide groups is 1. The van der Waals surface area contributed by atoms with Crippen molar-refractivity contribution in [3.8, 4) is 0 Å². The van der Waals surface area contributed by atoms with E-state index in [0.29, 0.717) is 11.3 Å². The number of nitrogens with two attached hydrogens (primary N) is 2. The van der Waals surface area contributed by atoms with E-state index in [-0.39, 0.29) is 11.8 Å². The summed E-state index contributed by atoms with van der Waals surface area (Å²) in [7, 11) is 0. The van der Waals surface area contributed by atoms with Crippen molar-refractivity contribution in [2.75, 3.05) is 0 Å². The highest BCUT2D eigenvalue weighted by molar-refractivity contribution is 5.93. The van der Waals surface area contributed by atoms with E-state index in [1.165, 1.54) is 13.8 Å². The van der Waals surface area contributed by atoms with Gasteiger partial charge in [-0.3, -0.25) is 14.5 Å². The Labute approximate surface area is 83.7 Å². The smallest absolute Gasteiger partial charge is 0.227 e. The van der Waals surface area contributed by atoms with Crippen LogP contribution in [-0.2, 0) is 9.59 Å². The second-order valence-electron chi connectivity index (χ2n) is 3.22. The van der Waals surface area contributed by atoms with Crippen LogP contribution < -0.4 is 11.5 Å². The Balaban J connectivity index is 4.97. The molecule has 0 aromatic heterocycles. The van der Waals surface area contributed by atoms with Crippen LogP contribution in [0.5, 0.6) is 0 Å². The van der Waals surface area contributed by atoms with Gasteiger partial charge in [-0.2, -0.15) is 0 Å². The fourth-order valence-electron chi connectivity index (χ4n) is 1.04. The molecule has 0 aromatic carbocycles. The fourth-order valence-corrected chi connectivity index (χ4v) is 1.04. The summed E-state index contributed by atoms with van der Waals surface area (Å²) in [5.41, 5.74) is 12.4. The summed E-state index contributed by atoms with van der Waals surface area (Å²) in [5, 5.41) is 0. The van der Waals surface area contributed by atoms with Crippen molar-refractivity contribution in [3.63, 3.8) is 0 Å². The molecule has 0 heterocycles. The zero-order valence-electron chi connectivity index (χ0n) is 9.00. The summed E-state index contributed by atoms with van der Waals surface area (Å²) in [4.78, 5) is 23.2. The lowest BCUT2D eigenvalue weighted by Gasteiger charge is -2.26. The van der Waals surface area contributed by atoms with Crippen LogP contribution in [-0.4, -0.2) is 22.9 Å². The number of carbonyl (C=O) groups is 2. The largest absolute Gasteiger partial charge is 0.402 e. The summed E-state index contributed by atoms with van der Waals surface area (Å²) in [6.07, 6.45) is -0.769. The van der Waals surface area contributed by atoms with Crippen LogP contribution in [0.3, 0.4) is 0 Å². The molecule has 14 heavy (non-hydrogen) atoms. The Morgan fingerprint density at radius 3 is 1.64 bits per heavy atom. The van der Waals surface area contributed by atoms with E-state index in [1.54, 1.807) is 13.8 Å². The van der Waals surface area contributed by atoms with Gasteiger partial charge in [-0.15, -0.1) is 0 Å². The van der Waals surface area contributed by atoms with Crippen LogP contribution in [0.1, 0.15) is 27.7 Å². The van der Waals surface area contributed by atoms with E-state index >= 15 is 0 Å². The Kier molecular flexibility index (Phi) is 4.30. The molecule has 0 aromatic rings. The second kappa shape index (κ2) is 4.76. The van der Waals surface area contributed by atoms with Crippen molar-refractivity contribution in [2.24, 2.45) is 11.5 Å². The highest BCUT2D eigenvalue weighted by atomic mass is 16.2. The minimum Gasteiger partial charge on any atom is -0.402 e. The molecule has 2 amide bonds.